The Morgan fingerprint density at radius 2 is 2.24 bits per heavy atom. The number of esters is 1. The van der Waals surface area contributed by atoms with Gasteiger partial charge in [-0.2, -0.15) is 0 Å². The van der Waals surface area contributed by atoms with E-state index in [1.807, 2.05) is 0 Å². The zero-order valence-corrected chi connectivity index (χ0v) is 15.0. The summed E-state index contributed by atoms with van der Waals surface area (Å²) in [6, 6.07) is 6.57. The first-order valence-electron chi connectivity index (χ1n) is 7.03. The number of thiocarbonyl (C=S) groups is 1. The standard InChI is InChI=1S/C17H10Cl2N2O3S/c1-2-5-23-16(22)14-4-3-12(8-20-14)21-9-10-6-11(18)7-13(19)15(10)24-17(21)25/h1,3-4,6-8H,5,9H2. The lowest BCUT2D eigenvalue weighted by molar-refractivity contribution is 0.0550. The molecule has 1 aliphatic heterocycles. The van der Waals surface area contributed by atoms with Gasteiger partial charge in [-0.15, -0.1) is 6.42 Å². The van der Waals surface area contributed by atoms with Gasteiger partial charge in [-0.3, -0.25) is 4.90 Å². The van der Waals surface area contributed by atoms with Gasteiger partial charge in [0.1, 0.15) is 5.69 Å². The molecule has 8 heteroatoms. The maximum Gasteiger partial charge on any atom is 0.357 e. The molecule has 126 valence electrons. The molecule has 0 bridgehead atoms. The fourth-order valence-corrected chi connectivity index (χ4v) is 3.09. The van der Waals surface area contributed by atoms with E-state index in [2.05, 4.69) is 10.9 Å². The highest BCUT2D eigenvalue weighted by Crippen LogP contribution is 2.37. The molecule has 25 heavy (non-hydrogen) atoms. The highest BCUT2D eigenvalue weighted by Gasteiger charge is 2.26. The Morgan fingerprint density at radius 1 is 1.44 bits per heavy atom. The lowest BCUT2D eigenvalue weighted by Gasteiger charge is -2.30. The summed E-state index contributed by atoms with van der Waals surface area (Å²) >= 11 is 17.5. The van der Waals surface area contributed by atoms with Crippen molar-refractivity contribution in [1.29, 1.82) is 0 Å². The molecule has 2 aromatic rings. The van der Waals surface area contributed by atoms with Gasteiger partial charge in [-0.1, -0.05) is 29.1 Å². The third-order valence-electron chi connectivity index (χ3n) is 3.38. The number of benzene rings is 1. The number of hydrogen-bond acceptors (Lipinski definition) is 5. The Kier molecular flexibility index (Phi) is 5.09. The van der Waals surface area contributed by atoms with Crippen molar-refractivity contribution in [3.63, 3.8) is 0 Å². The number of nitrogens with zero attached hydrogens (tertiary/aromatic N) is 2. The van der Waals surface area contributed by atoms with E-state index in [-0.39, 0.29) is 17.5 Å². The Balaban J connectivity index is 1.84. The van der Waals surface area contributed by atoms with Gasteiger partial charge in [0.15, 0.2) is 12.4 Å². The molecule has 0 N–H and O–H groups in total. The van der Waals surface area contributed by atoms with Crippen molar-refractivity contribution >= 4 is 52.3 Å². The molecular weight excluding hydrogens is 383 g/mol. The number of pyridine rings is 1. The largest absolute Gasteiger partial charge is 0.448 e. The Labute approximate surface area is 159 Å². The summed E-state index contributed by atoms with van der Waals surface area (Å²) in [6.45, 7) is 0.307. The average molecular weight is 393 g/mol. The quantitative estimate of drug-likeness (QED) is 0.449. The lowest BCUT2D eigenvalue weighted by atomic mass is 10.1. The summed E-state index contributed by atoms with van der Waals surface area (Å²) in [5.41, 5.74) is 1.60. The van der Waals surface area contributed by atoms with E-state index in [4.69, 9.17) is 51.3 Å². The first-order chi connectivity index (χ1) is 12.0. The Morgan fingerprint density at radius 3 is 2.92 bits per heavy atom. The molecule has 1 aromatic heterocycles. The number of terminal acetylenes is 1. The summed E-state index contributed by atoms with van der Waals surface area (Å²) in [4.78, 5) is 17.5. The van der Waals surface area contributed by atoms with Gasteiger partial charge in [-0.05, 0) is 36.5 Å². The second-order valence-corrected chi connectivity index (χ2v) is 6.20. The predicted octanol–water partition coefficient (Wildman–Crippen LogP) is 3.86. The van der Waals surface area contributed by atoms with Crippen LogP contribution in [0.5, 0.6) is 5.75 Å². The van der Waals surface area contributed by atoms with Crippen molar-refractivity contribution in [2.75, 3.05) is 11.5 Å². The number of fused-ring (bicyclic) bond motifs is 1. The maximum absolute atomic E-state index is 11.7. The molecule has 0 aliphatic carbocycles. The number of anilines is 1. The molecule has 0 unspecified atom stereocenters. The lowest BCUT2D eigenvalue weighted by Crippen LogP contribution is -2.37. The third kappa shape index (κ3) is 3.69. The second kappa shape index (κ2) is 7.28. The van der Waals surface area contributed by atoms with Crippen LogP contribution in [0.3, 0.4) is 0 Å². The minimum absolute atomic E-state index is 0.107. The van der Waals surface area contributed by atoms with Gasteiger partial charge in [0.2, 0.25) is 0 Å². The van der Waals surface area contributed by atoms with Crippen molar-refractivity contribution in [3.05, 3.63) is 51.8 Å². The van der Waals surface area contributed by atoms with Crippen LogP contribution in [0.25, 0.3) is 0 Å². The zero-order chi connectivity index (χ0) is 18.0. The maximum atomic E-state index is 11.7. The number of rotatable bonds is 3. The minimum Gasteiger partial charge on any atom is -0.448 e. The number of ether oxygens (including phenoxy) is 2. The normalized spacial score (nSPS) is 12.8. The SMILES string of the molecule is C#CCOC(=O)c1ccc(N2Cc3cc(Cl)cc(Cl)c3OC2=S)cn1. The van der Waals surface area contributed by atoms with E-state index >= 15 is 0 Å². The number of hydrogen-bond donors (Lipinski definition) is 0. The summed E-state index contributed by atoms with van der Waals surface area (Å²) in [6.07, 6.45) is 6.55. The van der Waals surface area contributed by atoms with E-state index in [1.165, 1.54) is 12.3 Å². The van der Waals surface area contributed by atoms with E-state index < -0.39 is 5.97 Å². The first kappa shape index (κ1) is 17.5. The molecule has 0 fully saturated rings. The van der Waals surface area contributed by atoms with Crippen LogP contribution in [-0.4, -0.2) is 22.7 Å². The number of carbonyl (C=O) groups is 1. The molecule has 0 saturated heterocycles. The van der Waals surface area contributed by atoms with E-state index in [1.54, 1.807) is 23.1 Å². The Bertz CT molecular complexity index is 894. The zero-order valence-electron chi connectivity index (χ0n) is 12.7. The van der Waals surface area contributed by atoms with Crippen LogP contribution in [0.1, 0.15) is 16.1 Å². The van der Waals surface area contributed by atoms with Crippen LogP contribution in [0.15, 0.2) is 30.5 Å². The van der Waals surface area contributed by atoms with Gasteiger partial charge < -0.3 is 9.47 Å². The molecule has 0 spiro atoms. The van der Waals surface area contributed by atoms with Gasteiger partial charge in [0.25, 0.3) is 5.17 Å². The number of carbonyl (C=O) groups excluding carboxylic acids is 1. The van der Waals surface area contributed by atoms with Crippen LogP contribution in [0.4, 0.5) is 5.69 Å². The van der Waals surface area contributed by atoms with E-state index in [0.29, 0.717) is 28.0 Å². The topological polar surface area (TPSA) is 51.7 Å². The molecule has 1 aliphatic rings. The van der Waals surface area contributed by atoms with Gasteiger partial charge >= 0.3 is 5.97 Å². The van der Waals surface area contributed by atoms with Crippen LogP contribution in [0, 0.1) is 12.3 Å². The van der Waals surface area contributed by atoms with Crippen molar-refractivity contribution in [2.24, 2.45) is 0 Å². The first-order valence-corrected chi connectivity index (χ1v) is 8.20. The molecule has 3 rings (SSSR count). The molecule has 0 atom stereocenters. The van der Waals surface area contributed by atoms with Crippen molar-refractivity contribution < 1.29 is 14.3 Å². The molecule has 0 saturated carbocycles. The van der Waals surface area contributed by atoms with Crippen molar-refractivity contribution in [2.45, 2.75) is 6.54 Å². The summed E-state index contributed by atoms with van der Waals surface area (Å²) < 4.78 is 10.5. The molecular formula is C17H10Cl2N2O3S. The molecule has 0 amide bonds. The molecule has 2 heterocycles. The van der Waals surface area contributed by atoms with Crippen molar-refractivity contribution in [1.82, 2.24) is 4.98 Å². The third-order valence-corrected chi connectivity index (χ3v) is 4.18. The summed E-state index contributed by atoms with van der Waals surface area (Å²) in [5, 5.41) is 1.13. The van der Waals surface area contributed by atoms with E-state index in [0.717, 1.165) is 5.56 Å². The van der Waals surface area contributed by atoms with Crippen LogP contribution >= 0.6 is 35.4 Å². The van der Waals surface area contributed by atoms with Crippen molar-refractivity contribution in [3.8, 4) is 18.1 Å². The minimum atomic E-state index is -0.592. The smallest absolute Gasteiger partial charge is 0.357 e. The fraction of sp³-hybridized carbons (Fsp3) is 0.118. The summed E-state index contributed by atoms with van der Waals surface area (Å²) in [5.74, 6) is 2.12. The monoisotopic (exact) mass is 392 g/mol. The van der Waals surface area contributed by atoms with Crippen LogP contribution in [-0.2, 0) is 11.3 Å². The highest BCUT2D eigenvalue weighted by atomic mass is 35.5. The fourth-order valence-electron chi connectivity index (χ4n) is 2.27. The Hall–Kier alpha value is -2.33. The van der Waals surface area contributed by atoms with Gasteiger partial charge in [0, 0.05) is 10.6 Å². The highest BCUT2D eigenvalue weighted by molar-refractivity contribution is 7.80. The second-order valence-electron chi connectivity index (χ2n) is 5.01. The van der Waals surface area contributed by atoms with Crippen LogP contribution in [0.2, 0.25) is 10.0 Å². The van der Waals surface area contributed by atoms with Crippen LogP contribution < -0.4 is 9.64 Å². The number of halogens is 2. The molecule has 1 aromatic carbocycles. The van der Waals surface area contributed by atoms with E-state index in [9.17, 15) is 4.79 Å². The predicted molar refractivity (Wildman–Crippen MR) is 99.2 cm³/mol. The molecule has 0 radical (unpaired) electrons. The molecule has 5 nitrogen and oxygen atoms in total. The summed E-state index contributed by atoms with van der Waals surface area (Å²) in [7, 11) is 0. The van der Waals surface area contributed by atoms with Gasteiger partial charge in [-0.25, -0.2) is 9.78 Å². The number of aromatic nitrogens is 1. The average Bonchev–Trinajstić information content (AvgIpc) is 2.60. The van der Waals surface area contributed by atoms with Gasteiger partial charge in [0.05, 0.1) is 23.5 Å².